The van der Waals surface area contributed by atoms with Gasteiger partial charge < -0.3 is 0 Å². The average molecular weight is 378 g/mol. The molecule has 1 aliphatic carbocycles. The lowest BCUT2D eigenvalue weighted by molar-refractivity contribution is -0.115. The summed E-state index contributed by atoms with van der Waals surface area (Å²) in [6.45, 7) is 0. The van der Waals surface area contributed by atoms with E-state index in [2.05, 4.69) is 6.07 Å². The molecule has 0 saturated heterocycles. The van der Waals surface area contributed by atoms with Crippen LogP contribution < -0.4 is 0 Å². The molecular formula is C18H16ClNO2S2. The number of fused-ring (bicyclic) bond motifs is 1. The van der Waals surface area contributed by atoms with Crippen molar-refractivity contribution >= 4 is 46.7 Å². The van der Waals surface area contributed by atoms with Gasteiger partial charge in [0.05, 0.1) is 16.7 Å². The third kappa shape index (κ3) is 3.42. The summed E-state index contributed by atoms with van der Waals surface area (Å²) in [4.78, 5) is 27.4. The summed E-state index contributed by atoms with van der Waals surface area (Å²) in [6.07, 6.45) is 3.15. The molecule has 0 N–H and O–H groups in total. The van der Waals surface area contributed by atoms with E-state index in [1.54, 1.807) is 17.8 Å². The molecule has 0 fully saturated rings. The van der Waals surface area contributed by atoms with Crippen LogP contribution >= 0.6 is 35.1 Å². The monoisotopic (exact) mass is 377 g/mol. The summed E-state index contributed by atoms with van der Waals surface area (Å²) in [5, 5.41) is 9.19. The molecule has 0 unspecified atom stereocenters. The van der Waals surface area contributed by atoms with Crippen molar-refractivity contribution in [2.45, 2.75) is 37.0 Å². The molecule has 3 rings (SSSR count). The molecule has 1 heterocycles. The lowest BCUT2D eigenvalue weighted by atomic mass is 9.91. The zero-order valence-electron chi connectivity index (χ0n) is 13.1. The number of hydrogen-bond donors (Lipinski definition) is 0. The summed E-state index contributed by atoms with van der Waals surface area (Å²) < 4.78 is 0. The van der Waals surface area contributed by atoms with Gasteiger partial charge in [-0.1, -0.05) is 11.6 Å². The number of carbonyl (C=O) groups excluding carboxylic acids is 2. The van der Waals surface area contributed by atoms with Crippen LogP contribution in [0.4, 0.5) is 0 Å². The number of thioether (sulfide) groups is 2. The van der Waals surface area contributed by atoms with Gasteiger partial charge in [0.15, 0.2) is 11.6 Å². The number of allylic oxidation sites excluding steroid dienone is 2. The Bertz CT molecular complexity index is 780. The van der Waals surface area contributed by atoms with Crippen molar-refractivity contribution in [3.8, 4) is 6.07 Å². The molecule has 0 aromatic heterocycles. The van der Waals surface area contributed by atoms with E-state index >= 15 is 0 Å². The van der Waals surface area contributed by atoms with Gasteiger partial charge in [-0.15, -0.1) is 23.5 Å². The second kappa shape index (κ2) is 7.77. The smallest absolute Gasteiger partial charge is 0.198 e. The normalized spacial score (nSPS) is 16.9. The molecule has 0 bridgehead atoms. The van der Waals surface area contributed by atoms with Gasteiger partial charge in [-0.2, -0.15) is 5.26 Å². The summed E-state index contributed by atoms with van der Waals surface area (Å²) in [7, 11) is 0. The highest BCUT2D eigenvalue weighted by atomic mass is 35.5. The van der Waals surface area contributed by atoms with E-state index in [0.29, 0.717) is 29.2 Å². The number of benzene rings is 1. The first-order valence-corrected chi connectivity index (χ1v) is 10.2. The molecule has 1 aromatic rings. The number of ketones is 2. The summed E-state index contributed by atoms with van der Waals surface area (Å²) >= 11 is 9.67. The number of Topliss-reactive ketones (excluding diaryl/α,β-unsaturated/α-hetero) is 2. The standard InChI is InChI=1S/C18H16ClNO2S2/c19-17-11-7-10-24-14(11)6-5-12(17)18(22)16-13(21)3-1-4-15(16)23-9-2-8-20/h5-6H,1-4,7,9-10H2. The Morgan fingerprint density at radius 2 is 2.17 bits per heavy atom. The molecule has 3 nitrogen and oxygen atoms in total. The fourth-order valence-corrected chi connectivity index (χ4v) is 5.53. The number of nitrogens with zero attached hydrogens (tertiary/aromatic N) is 1. The first-order valence-electron chi connectivity index (χ1n) is 7.88. The number of rotatable bonds is 5. The molecule has 1 aromatic carbocycles. The average Bonchev–Trinajstić information content (AvgIpc) is 3.05. The van der Waals surface area contributed by atoms with Crippen molar-refractivity contribution in [1.29, 1.82) is 5.26 Å². The Morgan fingerprint density at radius 1 is 1.33 bits per heavy atom. The van der Waals surface area contributed by atoms with Crippen LogP contribution in [0.5, 0.6) is 0 Å². The predicted octanol–water partition coefficient (Wildman–Crippen LogP) is 4.82. The first-order chi connectivity index (χ1) is 11.6. The molecule has 0 amide bonds. The minimum atomic E-state index is -0.260. The van der Waals surface area contributed by atoms with Gasteiger partial charge in [-0.25, -0.2) is 0 Å². The van der Waals surface area contributed by atoms with Crippen LogP contribution in [0.15, 0.2) is 27.5 Å². The van der Waals surface area contributed by atoms with E-state index in [1.807, 2.05) is 6.07 Å². The van der Waals surface area contributed by atoms with Crippen molar-refractivity contribution in [3.05, 3.63) is 38.8 Å². The maximum atomic E-state index is 13.0. The Labute approximate surface area is 154 Å². The van der Waals surface area contributed by atoms with Gasteiger partial charge in [-0.05, 0) is 41.9 Å². The van der Waals surface area contributed by atoms with Crippen LogP contribution in [0.25, 0.3) is 0 Å². The quantitative estimate of drug-likeness (QED) is 0.418. The Balaban J connectivity index is 1.97. The van der Waals surface area contributed by atoms with Crippen molar-refractivity contribution in [3.63, 3.8) is 0 Å². The van der Waals surface area contributed by atoms with Gasteiger partial charge in [0.1, 0.15) is 0 Å². The highest BCUT2D eigenvalue weighted by Crippen LogP contribution is 2.40. The second-order valence-corrected chi connectivity index (χ2v) is 8.37. The van der Waals surface area contributed by atoms with Gasteiger partial charge in [0.25, 0.3) is 0 Å². The molecule has 2 aliphatic rings. The van der Waals surface area contributed by atoms with E-state index in [4.69, 9.17) is 16.9 Å². The van der Waals surface area contributed by atoms with E-state index in [0.717, 1.165) is 40.4 Å². The predicted molar refractivity (Wildman–Crippen MR) is 98.8 cm³/mol. The Hall–Kier alpha value is -1.22. The highest BCUT2D eigenvalue weighted by Gasteiger charge is 2.30. The van der Waals surface area contributed by atoms with Gasteiger partial charge in [-0.3, -0.25) is 9.59 Å². The van der Waals surface area contributed by atoms with E-state index in [9.17, 15) is 9.59 Å². The molecule has 6 heteroatoms. The molecule has 0 saturated carbocycles. The number of halogens is 1. The zero-order chi connectivity index (χ0) is 17.1. The maximum Gasteiger partial charge on any atom is 0.198 e. The van der Waals surface area contributed by atoms with Crippen molar-refractivity contribution in [2.24, 2.45) is 0 Å². The van der Waals surface area contributed by atoms with Crippen LogP contribution in [0.1, 0.15) is 41.6 Å². The van der Waals surface area contributed by atoms with Crippen LogP contribution in [0.3, 0.4) is 0 Å². The fourth-order valence-electron chi connectivity index (χ4n) is 2.98. The van der Waals surface area contributed by atoms with E-state index in [1.165, 1.54) is 11.8 Å². The first kappa shape index (κ1) is 17.6. The zero-order valence-corrected chi connectivity index (χ0v) is 15.5. The third-order valence-corrected chi connectivity index (χ3v) is 6.84. The summed E-state index contributed by atoms with van der Waals surface area (Å²) in [5.41, 5.74) is 1.74. The van der Waals surface area contributed by atoms with Gasteiger partial charge in [0, 0.05) is 34.8 Å². The maximum absolute atomic E-state index is 13.0. The van der Waals surface area contributed by atoms with Crippen molar-refractivity contribution in [2.75, 3.05) is 11.5 Å². The molecule has 24 heavy (non-hydrogen) atoms. The van der Waals surface area contributed by atoms with Gasteiger partial charge in [0.2, 0.25) is 0 Å². The minimum Gasteiger partial charge on any atom is -0.294 e. The Morgan fingerprint density at radius 3 is 2.96 bits per heavy atom. The van der Waals surface area contributed by atoms with Crippen LogP contribution in [0.2, 0.25) is 5.02 Å². The summed E-state index contributed by atoms with van der Waals surface area (Å²) in [5.74, 6) is 1.22. The molecular weight excluding hydrogens is 362 g/mol. The number of hydrogen-bond acceptors (Lipinski definition) is 5. The lowest BCUT2D eigenvalue weighted by Gasteiger charge is -2.19. The van der Waals surface area contributed by atoms with Crippen LogP contribution in [-0.4, -0.2) is 23.1 Å². The lowest BCUT2D eigenvalue weighted by Crippen LogP contribution is -2.19. The number of nitriles is 1. The fraction of sp³-hybridized carbons (Fsp3) is 0.389. The number of carbonyl (C=O) groups is 2. The molecule has 0 radical (unpaired) electrons. The van der Waals surface area contributed by atoms with Crippen LogP contribution in [0, 0.1) is 11.3 Å². The van der Waals surface area contributed by atoms with Crippen molar-refractivity contribution < 1.29 is 9.59 Å². The van der Waals surface area contributed by atoms with E-state index < -0.39 is 0 Å². The van der Waals surface area contributed by atoms with E-state index in [-0.39, 0.29) is 17.1 Å². The molecule has 1 aliphatic heterocycles. The van der Waals surface area contributed by atoms with Gasteiger partial charge >= 0.3 is 0 Å². The third-order valence-electron chi connectivity index (χ3n) is 4.14. The molecule has 0 atom stereocenters. The van der Waals surface area contributed by atoms with Crippen molar-refractivity contribution in [1.82, 2.24) is 0 Å². The topological polar surface area (TPSA) is 57.9 Å². The largest absolute Gasteiger partial charge is 0.294 e. The SMILES string of the molecule is N#CCCSC1=C(C(=O)c2ccc3c(c2Cl)CCS3)C(=O)CCC1. The molecule has 124 valence electrons. The Kier molecular flexibility index (Phi) is 5.70. The molecule has 0 spiro atoms. The summed E-state index contributed by atoms with van der Waals surface area (Å²) in [6, 6.07) is 5.77. The van der Waals surface area contributed by atoms with Crippen LogP contribution in [-0.2, 0) is 11.2 Å². The second-order valence-electron chi connectivity index (χ2n) is 5.66. The minimum absolute atomic E-state index is 0.100. The highest BCUT2D eigenvalue weighted by molar-refractivity contribution is 8.03.